The molecule has 19 heavy (non-hydrogen) atoms. The Kier molecular flexibility index (Phi) is 6.07. The van der Waals surface area contributed by atoms with Crippen LogP contribution in [0.15, 0.2) is 0 Å². The lowest BCUT2D eigenvalue weighted by atomic mass is 9.80. The van der Waals surface area contributed by atoms with E-state index >= 15 is 0 Å². The predicted octanol–water partition coefficient (Wildman–Crippen LogP) is 0.712. The summed E-state index contributed by atoms with van der Waals surface area (Å²) in [5.41, 5.74) is 4.73. The molecule has 2 aliphatic rings. The molecule has 110 valence electrons. The van der Waals surface area contributed by atoms with E-state index in [1.165, 1.54) is 0 Å². The van der Waals surface area contributed by atoms with Crippen LogP contribution in [0.2, 0.25) is 0 Å². The zero-order valence-electron chi connectivity index (χ0n) is 11.2. The van der Waals surface area contributed by atoms with Gasteiger partial charge in [0.1, 0.15) is 5.54 Å². The quantitative estimate of drug-likeness (QED) is 0.715. The van der Waals surface area contributed by atoms with Crippen LogP contribution in [0.1, 0.15) is 44.9 Å². The van der Waals surface area contributed by atoms with E-state index in [-0.39, 0.29) is 30.1 Å². The summed E-state index contributed by atoms with van der Waals surface area (Å²) in [6.45, 7) is 1.69. The fourth-order valence-corrected chi connectivity index (χ4v) is 3.00. The Morgan fingerprint density at radius 2 is 1.84 bits per heavy atom. The van der Waals surface area contributed by atoms with Crippen LogP contribution >= 0.6 is 12.4 Å². The average molecular weight is 290 g/mol. The van der Waals surface area contributed by atoms with Gasteiger partial charge in [-0.15, -0.1) is 12.4 Å². The minimum Gasteiger partial charge on any atom is -0.368 e. The van der Waals surface area contributed by atoms with Crippen molar-refractivity contribution < 1.29 is 9.59 Å². The average Bonchev–Trinajstić information content (AvgIpc) is 2.40. The van der Waals surface area contributed by atoms with Crippen LogP contribution in [0.25, 0.3) is 0 Å². The van der Waals surface area contributed by atoms with Crippen LogP contribution in [-0.4, -0.2) is 30.4 Å². The third kappa shape index (κ3) is 3.83. The molecule has 0 spiro atoms. The SMILES string of the molecule is Cl.NC(=O)C1(NC(=O)C2CCCNC2)CCCCC1. The molecule has 6 heteroatoms. The fraction of sp³-hybridized carbons (Fsp3) is 0.846. The summed E-state index contributed by atoms with van der Waals surface area (Å²) in [4.78, 5) is 23.9. The predicted molar refractivity (Wildman–Crippen MR) is 76.0 cm³/mol. The van der Waals surface area contributed by atoms with Gasteiger partial charge in [-0.25, -0.2) is 0 Å². The van der Waals surface area contributed by atoms with Crippen LogP contribution in [0.5, 0.6) is 0 Å². The first-order valence-corrected chi connectivity index (χ1v) is 6.97. The third-order valence-corrected chi connectivity index (χ3v) is 4.21. The van der Waals surface area contributed by atoms with E-state index < -0.39 is 5.54 Å². The maximum atomic E-state index is 12.2. The molecule has 1 atom stereocenters. The molecule has 0 radical (unpaired) electrons. The van der Waals surface area contributed by atoms with Crippen molar-refractivity contribution in [2.45, 2.75) is 50.5 Å². The van der Waals surface area contributed by atoms with Gasteiger partial charge in [0, 0.05) is 6.54 Å². The number of rotatable bonds is 3. The lowest BCUT2D eigenvalue weighted by molar-refractivity contribution is -0.135. The summed E-state index contributed by atoms with van der Waals surface area (Å²) in [6, 6.07) is 0. The number of amides is 2. The van der Waals surface area contributed by atoms with Crippen LogP contribution in [0.4, 0.5) is 0 Å². The molecular formula is C13H24ClN3O2. The van der Waals surface area contributed by atoms with Crippen molar-refractivity contribution in [2.24, 2.45) is 11.7 Å². The normalized spacial score (nSPS) is 26.0. The summed E-state index contributed by atoms with van der Waals surface area (Å²) in [6.07, 6.45) is 6.34. The molecule has 1 aliphatic carbocycles. The second-order valence-electron chi connectivity index (χ2n) is 5.54. The van der Waals surface area contributed by atoms with Crippen molar-refractivity contribution in [3.8, 4) is 0 Å². The zero-order chi connectivity index (χ0) is 13.0. The number of hydrogen-bond donors (Lipinski definition) is 3. The molecule has 1 heterocycles. The highest BCUT2D eigenvalue weighted by atomic mass is 35.5. The van der Waals surface area contributed by atoms with Gasteiger partial charge >= 0.3 is 0 Å². The third-order valence-electron chi connectivity index (χ3n) is 4.21. The lowest BCUT2D eigenvalue weighted by Gasteiger charge is -2.36. The van der Waals surface area contributed by atoms with E-state index in [9.17, 15) is 9.59 Å². The molecule has 0 aromatic rings. The fourth-order valence-electron chi connectivity index (χ4n) is 3.00. The van der Waals surface area contributed by atoms with Gasteiger partial charge < -0.3 is 16.4 Å². The Morgan fingerprint density at radius 1 is 1.16 bits per heavy atom. The number of piperidine rings is 1. The zero-order valence-corrected chi connectivity index (χ0v) is 12.1. The number of hydrogen-bond acceptors (Lipinski definition) is 3. The maximum absolute atomic E-state index is 12.2. The number of carbonyl (C=O) groups is 2. The summed E-state index contributed by atoms with van der Waals surface area (Å²) < 4.78 is 0. The molecular weight excluding hydrogens is 266 g/mol. The Bertz CT molecular complexity index is 324. The molecule has 0 bridgehead atoms. The first-order chi connectivity index (χ1) is 8.64. The summed E-state index contributed by atoms with van der Waals surface area (Å²) in [5, 5.41) is 6.17. The van der Waals surface area contributed by atoms with Gasteiger partial charge in [0.15, 0.2) is 0 Å². The van der Waals surface area contributed by atoms with Crippen molar-refractivity contribution in [3.63, 3.8) is 0 Å². The van der Waals surface area contributed by atoms with Crippen LogP contribution < -0.4 is 16.4 Å². The second kappa shape index (κ2) is 7.10. The topological polar surface area (TPSA) is 84.2 Å². The van der Waals surface area contributed by atoms with Crippen molar-refractivity contribution in [2.75, 3.05) is 13.1 Å². The highest BCUT2D eigenvalue weighted by Gasteiger charge is 2.40. The second-order valence-corrected chi connectivity index (χ2v) is 5.54. The van der Waals surface area contributed by atoms with Crippen LogP contribution in [0.3, 0.4) is 0 Å². The first-order valence-electron chi connectivity index (χ1n) is 6.97. The molecule has 2 amide bonds. The summed E-state index contributed by atoms with van der Waals surface area (Å²) in [7, 11) is 0. The van der Waals surface area contributed by atoms with Gasteiger partial charge in [-0.3, -0.25) is 9.59 Å². The van der Waals surface area contributed by atoms with Gasteiger partial charge in [-0.05, 0) is 32.2 Å². The van der Waals surface area contributed by atoms with Crippen molar-refractivity contribution >= 4 is 24.2 Å². The Balaban J connectivity index is 0.00000180. The molecule has 1 saturated carbocycles. The number of nitrogens with two attached hydrogens (primary N) is 1. The van der Waals surface area contributed by atoms with E-state index in [4.69, 9.17) is 5.73 Å². The van der Waals surface area contributed by atoms with Crippen LogP contribution in [0, 0.1) is 5.92 Å². The Hall–Kier alpha value is -0.810. The van der Waals surface area contributed by atoms with E-state index in [0.29, 0.717) is 19.4 Å². The molecule has 5 nitrogen and oxygen atoms in total. The van der Waals surface area contributed by atoms with Gasteiger partial charge in [-0.2, -0.15) is 0 Å². The number of primary amides is 1. The van der Waals surface area contributed by atoms with Gasteiger partial charge in [-0.1, -0.05) is 19.3 Å². The molecule has 1 unspecified atom stereocenters. The van der Waals surface area contributed by atoms with E-state index in [1.807, 2.05) is 0 Å². The van der Waals surface area contributed by atoms with Crippen molar-refractivity contribution in [1.82, 2.24) is 10.6 Å². The minimum absolute atomic E-state index is 0. The molecule has 0 aromatic carbocycles. The van der Waals surface area contributed by atoms with E-state index in [0.717, 1.165) is 38.6 Å². The lowest BCUT2D eigenvalue weighted by Crippen LogP contribution is -2.60. The van der Waals surface area contributed by atoms with Crippen molar-refractivity contribution in [1.29, 1.82) is 0 Å². The summed E-state index contributed by atoms with van der Waals surface area (Å²) >= 11 is 0. The molecule has 1 saturated heterocycles. The maximum Gasteiger partial charge on any atom is 0.243 e. The van der Waals surface area contributed by atoms with E-state index in [2.05, 4.69) is 10.6 Å². The molecule has 0 aromatic heterocycles. The van der Waals surface area contributed by atoms with Gasteiger partial charge in [0.05, 0.1) is 5.92 Å². The summed E-state index contributed by atoms with van der Waals surface area (Å²) in [5.74, 6) is -0.404. The molecule has 2 fully saturated rings. The monoisotopic (exact) mass is 289 g/mol. The van der Waals surface area contributed by atoms with Crippen molar-refractivity contribution in [3.05, 3.63) is 0 Å². The molecule has 1 aliphatic heterocycles. The highest BCUT2D eigenvalue weighted by molar-refractivity contribution is 5.91. The van der Waals surface area contributed by atoms with Gasteiger partial charge in [0.2, 0.25) is 11.8 Å². The standard InChI is InChI=1S/C13H23N3O2.ClH/c14-12(18)13(6-2-1-3-7-13)16-11(17)10-5-4-8-15-9-10;/h10,15H,1-9H2,(H2,14,18)(H,16,17);1H. The molecule has 4 N–H and O–H groups in total. The van der Waals surface area contributed by atoms with E-state index in [1.54, 1.807) is 0 Å². The number of halogens is 1. The van der Waals surface area contributed by atoms with Crippen LogP contribution in [-0.2, 0) is 9.59 Å². The number of nitrogens with one attached hydrogen (secondary N) is 2. The van der Waals surface area contributed by atoms with Gasteiger partial charge in [0.25, 0.3) is 0 Å². The molecule has 2 rings (SSSR count). The Labute approximate surface area is 120 Å². The largest absolute Gasteiger partial charge is 0.368 e. The smallest absolute Gasteiger partial charge is 0.243 e. The minimum atomic E-state index is -0.785. The Morgan fingerprint density at radius 3 is 2.37 bits per heavy atom. The first kappa shape index (κ1) is 16.2. The highest BCUT2D eigenvalue weighted by Crippen LogP contribution is 2.28. The number of carbonyl (C=O) groups excluding carboxylic acids is 2.